The number of hydrogen-bond acceptors (Lipinski definition) is 2. The molecule has 6 aliphatic carbocycles. The molecule has 4 bridgehead atoms. The van der Waals surface area contributed by atoms with Crippen LogP contribution >= 0.6 is 11.3 Å². The van der Waals surface area contributed by atoms with E-state index in [0.29, 0.717) is 17.8 Å². The Morgan fingerprint density at radius 2 is 1.35 bits per heavy atom. The quantitative estimate of drug-likeness (QED) is 0.173. The van der Waals surface area contributed by atoms with Crippen LogP contribution in [0.25, 0.3) is 42.4 Å². The molecule has 13 rings (SSSR count). The summed E-state index contributed by atoms with van der Waals surface area (Å²) in [6, 6.07) is 50.5. The molecule has 2 spiro atoms. The minimum Gasteiger partial charge on any atom is -0.309 e. The Balaban J connectivity index is 1.11. The van der Waals surface area contributed by atoms with Crippen molar-refractivity contribution in [2.45, 2.75) is 82.5 Å². The molecule has 1 aromatic heterocycles. The summed E-state index contributed by atoms with van der Waals surface area (Å²) in [6.45, 7) is 5.09. The van der Waals surface area contributed by atoms with E-state index in [0.717, 1.165) is 17.8 Å². The summed E-state index contributed by atoms with van der Waals surface area (Å²) in [4.78, 5) is 2.73. The van der Waals surface area contributed by atoms with Crippen molar-refractivity contribution >= 4 is 48.6 Å². The molecule has 7 aromatic rings. The maximum atomic E-state index is 2.73. The largest absolute Gasteiger partial charge is 0.309 e. The molecular formula is C55H51NS. The Labute approximate surface area is 341 Å². The van der Waals surface area contributed by atoms with E-state index >= 15 is 0 Å². The van der Waals surface area contributed by atoms with Crippen molar-refractivity contribution in [1.82, 2.24) is 0 Å². The van der Waals surface area contributed by atoms with Crippen LogP contribution in [0.3, 0.4) is 0 Å². The van der Waals surface area contributed by atoms with Gasteiger partial charge in [0.15, 0.2) is 0 Å². The van der Waals surface area contributed by atoms with Gasteiger partial charge < -0.3 is 4.90 Å². The van der Waals surface area contributed by atoms with Gasteiger partial charge in [-0.2, -0.15) is 0 Å². The predicted molar refractivity (Wildman–Crippen MR) is 240 cm³/mol. The average molecular weight is 758 g/mol. The van der Waals surface area contributed by atoms with Crippen LogP contribution in [0.5, 0.6) is 0 Å². The number of nitrogens with zero attached hydrogens (tertiary/aromatic N) is 1. The lowest BCUT2D eigenvalue weighted by Crippen LogP contribution is -2.51. The van der Waals surface area contributed by atoms with Gasteiger partial charge in [-0.05, 0) is 143 Å². The summed E-state index contributed by atoms with van der Waals surface area (Å²) in [6.07, 6.45) is 12.2. The molecule has 282 valence electrons. The smallest absolute Gasteiger partial charge is 0.0555 e. The van der Waals surface area contributed by atoms with Gasteiger partial charge >= 0.3 is 0 Å². The first-order chi connectivity index (χ1) is 28.1. The summed E-state index contributed by atoms with van der Waals surface area (Å²) in [7, 11) is 0. The molecule has 0 aliphatic heterocycles. The van der Waals surface area contributed by atoms with E-state index in [4.69, 9.17) is 0 Å². The van der Waals surface area contributed by atoms with Crippen LogP contribution < -0.4 is 4.90 Å². The highest BCUT2D eigenvalue weighted by atomic mass is 32.1. The SMILES string of the molecule is CCC1CC2CC[C@H](C)C(C2)C12c1ccccc1-c1ccc(N(c3cccc4c3-c3ccccc3C43CC4CCC3C4)c3cccc4sc5ccccc5c34)cc12. The van der Waals surface area contributed by atoms with Gasteiger partial charge in [0.25, 0.3) is 0 Å². The fourth-order valence-corrected chi connectivity index (χ4v) is 16.0. The molecule has 6 aromatic carbocycles. The summed E-state index contributed by atoms with van der Waals surface area (Å²) in [5.74, 6) is 4.47. The van der Waals surface area contributed by atoms with Gasteiger partial charge in [0.1, 0.15) is 0 Å². The van der Waals surface area contributed by atoms with Crippen molar-refractivity contribution in [2.75, 3.05) is 4.90 Å². The number of fused-ring (bicyclic) bond motifs is 19. The van der Waals surface area contributed by atoms with Crippen LogP contribution in [0.2, 0.25) is 0 Å². The van der Waals surface area contributed by atoms with Gasteiger partial charge in [-0.15, -0.1) is 11.3 Å². The zero-order chi connectivity index (χ0) is 37.6. The Morgan fingerprint density at radius 1 is 0.614 bits per heavy atom. The van der Waals surface area contributed by atoms with Crippen LogP contribution in [-0.4, -0.2) is 0 Å². The van der Waals surface area contributed by atoms with E-state index < -0.39 is 0 Å². The van der Waals surface area contributed by atoms with Crippen LogP contribution in [-0.2, 0) is 10.8 Å². The molecule has 7 unspecified atom stereocenters. The minimum atomic E-state index is 0.0398. The molecule has 0 radical (unpaired) electrons. The lowest BCUT2D eigenvalue weighted by molar-refractivity contribution is 0.0192. The van der Waals surface area contributed by atoms with Crippen molar-refractivity contribution in [2.24, 2.45) is 35.5 Å². The lowest BCUT2D eigenvalue weighted by atomic mass is 9.47. The predicted octanol–water partition coefficient (Wildman–Crippen LogP) is 15.4. The van der Waals surface area contributed by atoms with Crippen LogP contribution in [0.15, 0.2) is 127 Å². The molecule has 4 saturated carbocycles. The zero-order valence-electron chi connectivity index (χ0n) is 33.3. The molecule has 8 atom stereocenters. The Kier molecular flexibility index (Phi) is 6.99. The number of rotatable bonds is 4. The number of benzene rings is 6. The highest BCUT2D eigenvalue weighted by Crippen LogP contribution is 2.69. The number of hydrogen-bond donors (Lipinski definition) is 0. The Bertz CT molecular complexity index is 2790. The molecule has 2 heteroatoms. The molecule has 1 heterocycles. The minimum absolute atomic E-state index is 0.0398. The fourth-order valence-electron chi connectivity index (χ4n) is 14.9. The molecule has 0 amide bonds. The second-order valence-corrected chi connectivity index (χ2v) is 20.2. The summed E-state index contributed by atoms with van der Waals surface area (Å²) < 4.78 is 2.73. The normalized spacial score (nSPS) is 29.9. The maximum absolute atomic E-state index is 2.73. The third-order valence-corrected chi connectivity index (χ3v) is 18.1. The second kappa shape index (κ2) is 12.0. The lowest BCUT2D eigenvalue weighted by Gasteiger charge is -2.56. The van der Waals surface area contributed by atoms with Crippen molar-refractivity contribution in [3.05, 3.63) is 150 Å². The van der Waals surface area contributed by atoms with Crippen molar-refractivity contribution in [3.8, 4) is 22.3 Å². The van der Waals surface area contributed by atoms with Gasteiger partial charge in [-0.1, -0.05) is 131 Å². The van der Waals surface area contributed by atoms with Crippen LogP contribution in [0.4, 0.5) is 17.1 Å². The molecular weight excluding hydrogens is 707 g/mol. The van der Waals surface area contributed by atoms with E-state index in [1.54, 1.807) is 22.3 Å². The average Bonchev–Trinajstić information content (AvgIpc) is 4.08. The molecule has 6 aliphatic rings. The van der Waals surface area contributed by atoms with E-state index in [-0.39, 0.29) is 10.8 Å². The first kappa shape index (κ1) is 33.3. The van der Waals surface area contributed by atoms with Gasteiger partial charge in [0, 0.05) is 42.3 Å². The summed E-state index contributed by atoms with van der Waals surface area (Å²) in [5, 5.41) is 2.74. The zero-order valence-corrected chi connectivity index (χ0v) is 34.1. The van der Waals surface area contributed by atoms with Crippen molar-refractivity contribution in [3.63, 3.8) is 0 Å². The van der Waals surface area contributed by atoms with E-state index in [1.165, 1.54) is 117 Å². The second-order valence-electron chi connectivity index (χ2n) is 19.1. The van der Waals surface area contributed by atoms with E-state index in [2.05, 4.69) is 146 Å². The molecule has 57 heavy (non-hydrogen) atoms. The number of thiophene rings is 1. The standard InChI is InChI=1S/C55H51NS/c1-3-36-28-34-23-22-33(2)46(30-34)55(36)44-16-8-4-12-39(44)40-27-26-38(31-47(40)55)56(49-19-11-21-51-53(49)42-14-6-9-20-50(42)57-51)48-18-10-17-45-52(48)41-13-5-7-15-43(41)54(45)32-35-24-25-37(54)29-35/h4-21,26-27,31,33-37,46H,3,22-25,28-30,32H2,1-2H3/t33-,34?,35?,36?,37?,46?,54?,55?/m0/s1. The molecule has 0 saturated heterocycles. The van der Waals surface area contributed by atoms with Crippen LogP contribution in [0, 0.1) is 35.5 Å². The van der Waals surface area contributed by atoms with Gasteiger partial charge in [-0.3, -0.25) is 0 Å². The third-order valence-electron chi connectivity index (χ3n) is 16.9. The molecule has 1 nitrogen and oxygen atoms in total. The monoisotopic (exact) mass is 757 g/mol. The topological polar surface area (TPSA) is 3.24 Å². The highest BCUT2D eigenvalue weighted by Gasteiger charge is 2.59. The maximum Gasteiger partial charge on any atom is 0.0555 e. The fraction of sp³-hybridized carbons (Fsp3) is 0.345. The first-order valence-electron chi connectivity index (χ1n) is 22.3. The van der Waals surface area contributed by atoms with Gasteiger partial charge in [0.2, 0.25) is 0 Å². The van der Waals surface area contributed by atoms with E-state index in [9.17, 15) is 0 Å². The summed E-state index contributed by atoms with van der Waals surface area (Å²) >= 11 is 1.94. The van der Waals surface area contributed by atoms with Crippen LogP contribution in [0.1, 0.15) is 93.9 Å². The van der Waals surface area contributed by atoms with E-state index in [1.807, 2.05) is 11.3 Å². The third kappa shape index (κ3) is 4.21. The molecule has 0 N–H and O–H groups in total. The first-order valence-corrected chi connectivity index (χ1v) is 23.1. The highest BCUT2D eigenvalue weighted by molar-refractivity contribution is 7.26. The van der Waals surface area contributed by atoms with Crippen molar-refractivity contribution < 1.29 is 0 Å². The summed E-state index contributed by atoms with van der Waals surface area (Å²) in [5.41, 5.74) is 16.4. The Morgan fingerprint density at radius 3 is 2.21 bits per heavy atom. The van der Waals surface area contributed by atoms with Gasteiger partial charge in [-0.25, -0.2) is 0 Å². The van der Waals surface area contributed by atoms with Crippen molar-refractivity contribution in [1.29, 1.82) is 0 Å². The van der Waals surface area contributed by atoms with Gasteiger partial charge in [0.05, 0.1) is 11.4 Å². The Hall–Kier alpha value is -4.66. The molecule has 4 fully saturated rings. The number of anilines is 3.